The van der Waals surface area contributed by atoms with E-state index in [2.05, 4.69) is 4.98 Å². The summed E-state index contributed by atoms with van der Waals surface area (Å²) in [5.41, 5.74) is 1.63. The van der Waals surface area contributed by atoms with Gasteiger partial charge in [0.1, 0.15) is 5.69 Å². The van der Waals surface area contributed by atoms with Gasteiger partial charge in [-0.25, -0.2) is 4.79 Å². The Hall–Kier alpha value is -2.60. The Morgan fingerprint density at radius 3 is 2.21 bits per heavy atom. The minimum absolute atomic E-state index is 0.118. The molecule has 1 heterocycles. The van der Waals surface area contributed by atoms with E-state index in [0.29, 0.717) is 27.4 Å². The van der Waals surface area contributed by atoms with Crippen LogP contribution in [0.25, 0.3) is 0 Å². The first-order chi connectivity index (χ1) is 13.5. The maximum Gasteiger partial charge on any atom is 0.355 e. The zero-order valence-corrected chi connectivity index (χ0v) is 18.4. The normalized spacial score (nSPS) is 11.3. The molecule has 0 aliphatic heterocycles. The van der Waals surface area contributed by atoms with Crippen molar-refractivity contribution >= 4 is 29.3 Å². The number of benzene rings is 1. The number of nitrogens with zero attached hydrogens (tertiary/aromatic N) is 1. The van der Waals surface area contributed by atoms with Crippen LogP contribution >= 0.6 is 11.6 Å². The summed E-state index contributed by atoms with van der Waals surface area (Å²) >= 11 is 5.92. The topological polar surface area (TPSA) is 79.5 Å². The summed E-state index contributed by atoms with van der Waals surface area (Å²) in [6, 6.07) is 6.56. The Labute approximate surface area is 176 Å². The molecule has 0 spiro atoms. The number of ketones is 1. The third-order valence-corrected chi connectivity index (χ3v) is 4.90. The zero-order valence-electron chi connectivity index (χ0n) is 17.7. The number of nitrogens with one attached hydrogen (secondary N) is 1. The third kappa shape index (κ3) is 5.07. The van der Waals surface area contributed by atoms with Crippen molar-refractivity contribution < 1.29 is 19.1 Å². The van der Waals surface area contributed by atoms with Gasteiger partial charge in [0, 0.05) is 27.4 Å². The summed E-state index contributed by atoms with van der Waals surface area (Å²) < 4.78 is 5.04. The molecule has 2 rings (SSSR count). The summed E-state index contributed by atoms with van der Waals surface area (Å²) in [7, 11) is 0. The maximum atomic E-state index is 13.1. The van der Waals surface area contributed by atoms with Gasteiger partial charge in [-0.3, -0.25) is 9.59 Å². The van der Waals surface area contributed by atoms with Crippen LogP contribution < -0.4 is 0 Å². The van der Waals surface area contributed by atoms with Crippen molar-refractivity contribution in [2.45, 2.75) is 47.1 Å². The van der Waals surface area contributed by atoms with Gasteiger partial charge in [0.2, 0.25) is 0 Å². The van der Waals surface area contributed by atoms with Gasteiger partial charge in [0.15, 0.2) is 5.78 Å². The van der Waals surface area contributed by atoms with E-state index in [1.54, 1.807) is 45.0 Å². The van der Waals surface area contributed by atoms with Crippen LogP contribution in [0.5, 0.6) is 0 Å². The molecule has 0 fully saturated rings. The highest BCUT2D eigenvalue weighted by atomic mass is 35.5. The quantitative estimate of drug-likeness (QED) is 0.549. The van der Waals surface area contributed by atoms with E-state index in [1.807, 2.05) is 20.8 Å². The molecule has 29 heavy (non-hydrogen) atoms. The number of carbonyl (C=O) groups is 3. The Balaban J connectivity index is 2.35. The van der Waals surface area contributed by atoms with Gasteiger partial charge in [0.25, 0.3) is 5.91 Å². The van der Waals surface area contributed by atoms with Crippen LogP contribution in [-0.4, -0.2) is 46.2 Å². The molecule has 0 atom stereocenters. The van der Waals surface area contributed by atoms with Crippen LogP contribution in [0.15, 0.2) is 24.3 Å². The molecule has 0 saturated heterocycles. The average Bonchev–Trinajstić information content (AvgIpc) is 2.93. The number of hydrogen-bond acceptors (Lipinski definition) is 4. The van der Waals surface area contributed by atoms with Crippen LogP contribution in [0.4, 0.5) is 0 Å². The number of carbonyl (C=O) groups excluding carboxylic acids is 3. The number of aryl methyl sites for hydroxylation is 1. The van der Waals surface area contributed by atoms with E-state index in [1.165, 1.54) is 4.90 Å². The zero-order chi connectivity index (χ0) is 21.9. The SMILES string of the molecule is CCOC(=O)c1[nH]c(C)c(C(=O)CN(C(=O)c2ccc(Cl)cc2)C(C)(C)C)c1C. The first-order valence-electron chi connectivity index (χ1n) is 9.44. The largest absolute Gasteiger partial charge is 0.461 e. The number of Topliss-reactive ketones (excluding diaryl/α,β-unsaturated/α-hetero) is 1. The fourth-order valence-corrected chi connectivity index (χ4v) is 3.29. The van der Waals surface area contributed by atoms with Crippen LogP contribution in [0.1, 0.15) is 70.2 Å². The summed E-state index contributed by atoms with van der Waals surface area (Å²) in [6.45, 7) is 10.9. The molecule has 0 aliphatic rings. The molecule has 0 aliphatic carbocycles. The second-order valence-corrected chi connectivity index (χ2v) is 8.27. The van der Waals surface area contributed by atoms with Gasteiger partial charge in [-0.15, -0.1) is 0 Å². The number of rotatable bonds is 6. The van der Waals surface area contributed by atoms with Crippen LogP contribution in [0.2, 0.25) is 5.02 Å². The van der Waals surface area contributed by atoms with Gasteiger partial charge in [-0.05, 0) is 71.4 Å². The van der Waals surface area contributed by atoms with Gasteiger partial charge in [0.05, 0.1) is 13.2 Å². The van der Waals surface area contributed by atoms with Crippen LogP contribution in [0, 0.1) is 13.8 Å². The second-order valence-electron chi connectivity index (χ2n) is 7.84. The lowest BCUT2D eigenvalue weighted by Crippen LogP contribution is -2.48. The number of aromatic nitrogens is 1. The smallest absolute Gasteiger partial charge is 0.355 e. The van der Waals surface area contributed by atoms with E-state index in [9.17, 15) is 14.4 Å². The van der Waals surface area contributed by atoms with Gasteiger partial charge >= 0.3 is 5.97 Å². The molecule has 1 amide bonds. The standard InChI is InChI=1S/C22H27ClN2O4/c1-7-29-21(28)19-13(2)18(14(3)24-19)17(26)12-25(22(4,5)6)20(27)15-8-10-16(23)11-9-15/h8-11,24H,7,12H2,1-6H3. The molecule has 0 unspecified atom stereocenters. The summed E-state index contributed by atoms with van der Waals surface area (Å²) in [5.74, 6) is -1.01. The molecule has 0 bridgehead atoms. The molecule has 1 aromatic heterocycles. The highest BCUT2D eigenvalue weighted by Gasteiger charge is 2.31. The van der Waals surface area contributed by atoms with E-state index in [4.69, 9.17) is 16.3 Å². The fraction of sp³-hybridized carbons (Fsp3) is 0.409. The van der Waals surface area contributed by atoms with Crippen molar-refractivity contribution in [3.05, 3.63) is 57.4 Å². The van der Waals surface area contributed by atoms with Crippen molar-refractivity contribution in [1.82, 2.24) is 9.88 Å². The predicted octanol–water partition coefficient (Wildman–Crippen LogP) is 4.59. The summed E-state index contributed by atoms with van der Waals surface area (Å²) in [4.78, 5) is 42.8. The molecule has 2 aromatic rings. The highest BCUT2D eigenvalue weighted by molar-refractivity contribution is 6.30. The van der Waals surface area contributed by atoms with E-state index >= 15 is 0 Å². The summed E-state index contributed by atoms with van der Waals surface area (Å²) in [5, 5.41) is 0.532. The molecule has 1 aromatic carbocycles. The highest BCUT2D eigenvalue weighted by Crippen LogP contribution is 2.23. The molecule has 1 N–H and O–H groups in total. The van der Waals surface area contributed by atoms with Crippen molar-refractivity contribution in [2.75, 3.05) is 13.2 Å². The third-order valence-electron chi connectivity index (χ3n) is 4.64. The van der Waals surface area contributed by atoms with Gasteiger partial charge < -0.3 is 14.6 Å². The number of esters is 1. The number of hydrogen-bond donors (Lipinski definition) is 1. The van der Waals surface area contributed by atoms with Crippen molar-refractivity contribution in [1.29, 1.82) is 0 Å². The first kappa shape index (κ1) is 22.7. The lowest BCUT2D eigenvalue weighted by Gasteiger charge is -2.35. The molecule has 0 radical (unpaired) electrons. The lowest BCUT2D eigenvalue weighted by atomic mass is 10.00. The second kappa shape index (κ2) is 8.82. The minimum atomic E-state index is -0.589. The Kier molecular flexibility index (Phi) is 6.90. The van der Waals surface area contributed by atoms with E-state index in [0.717, 1.165) is 0 Å². The first-order valence-corrected chi connectivity index (χ1v) is 9.82. The van der Waals surface area contributed by atoms with Gasteiger partial charge in [-0.1, -0.05) is 11.6 Å². The van der Waals surface area contributed by atoms with Crippen LogP contribution in [0.3, 0.4) is 0 Å². The Morgan fingerprint density at radius 1 is 1.10 bits per heavy atom. The van der Waals surface area contributed by atoms with E-state index < -0.39 is 11.5 Å². The van der Waals surface area contributed by atoms with Gasteiger partial charge in [-0.2, -0.15) is 0 Å². The van der Waals surface area contributed by atoms with Crippen molar-refractivity contribution in [3.8, 4) is 0 Å². The lowest BCUT2D eigenvalue weighted by molar-refractivity contribution is 0.0517. The van der Waals surface area contributed by atoms with E-state index in [-0.39, 0.29) is 30.5 Å². The number of ether oxygens (including phenoxy) is 1. The molecule has 156 valence electrons. The molecule has 6 nitrogen and oxygen atoms in total. The monoisotopic (exact) mass is 418 g/mol. The Morgan fingerprint density at radius 2 is 1.69 bits per heavy atom. The number of halogens is 1. The molecular formula is C22H27ClN2O4. The fourth-order valence-electron chi connectivity index (χ4n) is 3.16. The number of amides is 1. The van der Waals surface area contributed by atoms with Crippen molar-refractivity contribution in [3.63, 3.8) is 0 Å². The minimum Gasteiger partial charge on any atom is -0.461 e. The Bertz CT molecular complexity index is 924. The maximum absolute atomic E-state index is 13.1. The predicted molar refractivity (Wildman–Crippen MR) is 113 cm³/mol. The number of aromatic amines is 1. The molecule has 7 heteroatoms. The molecule has 0 saturated carbocycles. The van der Waals surface area contributed by atoms with Crippen molar-refractivity contribution in [2.24, 2.45) is 0 Å². The average molecular weight is 419 g/mol. The van der Waals surface area contributed by atoms with Crippen LogP contribution in [-0.2, 0) is 4.74 Å². The number of H-pyrrole nitrogens is 1. The molecular weight excluding hydrogens is 392 g/mol. The summed E-state index contributed by atoms with van der Waals surface area (Å²) in [6.07, 6.45) is 0.